The third kappa shape index (κ3) is 3.10. The van der Waals surface area contributed by atoms with Crippen molar-refractivity contribution in [1.82, 2.24) is 10.2 Å². The minimum Gasteiger partial charge on any atom is -0.392 e. The number of nitrogens with zero attached hydrogens (tertiary/aromatic N) is 2. The smallest absolute Gasteiger partial charge is 0.253 e. The zero-order valence-corrected chi connectivity index (χ0v) is 15.3. The van der Waals surface area contributed by atoms with Gasteiger partial charge in [0.15, 0.2) is 0 Å². The van der Waals surface area contributed by atoms with Gasteiger partial charge in [0.05, 0.1) is 11.5 Å². The minimum absolute atomic E-state index is 0.115. The molecule has 27 heavy (non-hydrogen) atoms. The predicted octanol–water partition coefficient (Wildman–Crippen LogP) is 0.917. The number of hydrogen-bond donors (Lipinski definition) is 2. The summed E-state index contributed by atoms with van der Waals surface area (Å²) in [6.45, 7) is 2.01. The van der Waals surface area contributed by atoms with E-state index in [0.29, 0.717) is 44.5 Å². The Labute approximate surface area is 158 Å². The molecule has 3 aliphatic heterocycles. The average Bonchev–Trinajstić information content (AvgIpc) is 3.11. The number of benzene rings is 1. The van der Waals surface area contributed by atoms with E-state index < -0.39 is 11.5 Å². The van der Waals surface area contributed by atoms with Gasteiger partial charge in [-0.1, -0.05) is 0 Å². The van der Waals surface area contributed by atoms with E-state index >= 15 is 0 Å². The van der Waals surface area contributed by atoms with Gasteiger partial charge in [-0.15, -0.1) is 0 Å². The standard InChI is InChI=1S/C20H25N3O4/c24-16-8-12-22(13-20(16)9-2-10-21-19(20)27)18(26)14-4-6-15(7-5-14)23-11-1-3-17(23)25/h4-7,16,24H,1-3,8-13H2,(H,21,27)/t16-,20+/m0/s1. The Morgan fingerprint density at radius 2 is 1.93 bits per heavy atom. The van der Waals surface area contributed by atoms with Crippen LogP contribution in [0.5, 0.6) is 0 Å². The van der Waals surface area contributed by atoms with Crippen molar-refractivity contribution < 1.29 is 19.5 Å². The SMILES string of the molecule is O=C(c1ccc(N2CCCC2=O)cc1)N1CC[C@H](O)[C@@]2(CCCNC2=O)C1. The summed E-state index contributed by atoms with van der Waals surface area (Å²) >= 11 is 0. The molecule has 0 saturated carbocycles. The topological polar surface area (TPSA) is 90.0 Å². The third-order valence-corrected chi connectivity index (χ3v) is 6.11. The van der Waals surface area contributed by atoms with Gasteiger partial charge >= 0.3 is 0 Å². The number of piperidine rings is 2. The van der Waals surface area contributed by atoms with Crippen molar-refractivity contribution in [2.75, 3.05) is 31.1 Å². The molecule has 0 aliphatic carbocycles. The molecule has 144 valence electrons. The molecule has 2 atom stereocenters. The molecule has 1 aromatic rings. The molecule has 0 bridgehead atoms. The molecule has 7 nitrogen and oxygen atoms in total. The fourth-order valence-electron chi connectivity index (χ4n) is 4.50. The molecule has 4 rings (SSSR count). The fraction of sp³-hybridized carbons (Fsp3) is 0.550. The maximum atomic E-state index is 13.0. The van der Waals surface area contributed by atoms with Crippen LogP contribution in [0.3, 0.4) is 0 Å². The maximum Gasteiger partial charge on any atom is 0.253 e. The molecule has 3 heterocycles. The molecule has 7 heteroatoms. The molecule has 2 N–H and O–H groups in total. The van der Waals surface area contributed by atoms with Crippen LogP contribution in [0.1, 0.15) is 42.5 Å². The molecule has 3 amide bonds. The Hall–Kier alpha value is -2.41. The number of carbonyl (C=O) groups excluding carboxylic acids is 3. The number of aliphatic hydroxyl groups excluding tert-OH is 1. The molecular formula is C20H25N3O4. The Bertz CT molecular complexity index is 763. The van der Waals surface area contributed by atoms with Gasteiger partial charge in [-0.3, -0.25) is 14.4 Å². The molecule has 1 aromatic carbocycles. The lowest BCUT2D eigenvalue weighted by Gasteiger charge is -2.46. The first-order valence-electron chi connectivity index (χ1n) is 9.67. The van der Waals surface area contributed by atoms with Gasteiger partial charge in [-0.2, -0.15) is 0 Å². The number of likely N-dealkylation sites (tertiary alicyclic amines) is 1. The minimum atomic E-state index is -0.895. The molecule has 3 fully saturated rings. The highest BCUT2D eigenvalue weighted by atomic mass is 16.3. The number of amides is 3. The molecule has 0 aromatic heterocycles. The highest BCUT2D eigenvalue weighted by Crippen LogP contribution is 2.37. The Balaban J connectivity index is 1.50. The number of nitrogens with one attached hydrogen (secondary N) is 1. The number of hydrogen-bond acceptors (Lipinski definition) is 4. The largest absolute Gasteiger partial charge is 0.392 e. The lowest BCUT2D eigenvalue weighted by Crippen LogP contribution is -2.62. The van der Waals surface area contributed by atoms with Crippen LogP contribution >= 0.6 is 0 Å². The van der Waals surface area contributed by atoms with Crippen LogP contribution in [0.25, 0.3) is 0 Å². The molecular weight excluding hydrogens is 346 g/mol. The van der Waals surface area contributed by atoms with Crippen molar-refractivity contribution >= 4 is 23.4 Å². The lowest BCUT2D eigenvalue weighted by molar-refractivity contribution is -0.147. The second-order valence-corrected chi connectivity index (χ2v) is 7.74. The second kappa shape index (κ2) is 6.96. The van der Waals surface area contributed by atoms with E-state index in [0.717, 1.165) is 18.5 Å². The van der Waals surface area contributed by atoms with E-state index in [1.807, 2.05) is 0 Å². The van der Waals surface area contributed by atoms with Crippen LogP contribution in [0, 0.1) is 5.41 Å². The van der Waals surface area contributed by atoms with Crippen molar-refractivity contribution in [3.05, 3.63) is 29.8 Å². The first-order valence-corrected chi connectivity index (χ1v) is 9.67. The van der Waals surface area contributed by atoms with Crippen molar-refractivity contribution in [3.63, 3.8) is 0 Å². The van der Waals surface area contributed by atoms with Gasteiger partial charge in [0, 0.05) is 43.9 Å². The zero-order chi connectivity index (χ0) is 19.0. The van der Waals surface area contributed by atoms with E-state index in [-0.39, 0.29) is 24.3 Å². The first-order chi connectivity index (χ1) is 13.0. The average molecular weight is 371 g/mol. The van der Waals surface area contributed by atoms with Gasteiger partial charge in [-0.05, 0) is 49.9 Å². The van der Waals surface area contributed by atoms with E-state index in [1.54, 1.807) is 34.1 Å². The molecule has 1 spiro atoms. The third-order valence-electron chi connectivity index (χ3n) is 6.11. The zero-order valence-electron chi connectivity index (χ0n) is 15.3. The molecule has 3 aliphatic rings. The summed E-state index contributed by atoms with van der Waals surface area (Å²) in [5.41, 5.74) is 0.452. The van der Waals surface area contributed by atoms with Crippen LogP contribution in [-0.4, -0.2) is 60.0 Å². The second-order valence-electron chi connectivity index (χ2n) is 7.74. The Morgan fingerprint density at radius 1 is 1.15 bits per heavy atom. The Morgan fingerprint density at radius 3 is 2.59 bits per heavy atom. The highest BCUT2D eigenvalue weighted by molar-refractivity contribution is 5.98. The fourth-order valence-corrected chi connectivity index (χ4v) is 4.50. The molecule has 0 radical (unpaired) electrons. The first kappa shape index (κ1) is 18.0. The van der Waals surface area contributed by atoms with Gasteiger partial charge in [0.2, 0.25) is 11.8 Å². The van der Waals surface area contributed by atoms with Gasteiger partial charge in [0.25, 0.3) is 5.91 Å². The monoisotopic (exact) mass is 371 g/mol. The number of rotatable bonds is 2. The molecule has 3 saturated heterocycles. The number of carbonyl (C=O) groups is 3. The van der Waals surface area contributed by atoms with Crippen LogP contribution in [0.15, 0.2) is 24.3 Å². The summed E-state index contributed by atoms with van der Waals surface area (Å²) in [6.07, 6.45) is 2.52. The van der Waals surface area contributed by atoms with Crippen LogP contribution in [-0.2, 0) is 9.59 Å². The summed E-state index contributed by atoms with van der Waals surface area (Å²) in [5.74, 6) is -0.176. The van der Waals surface area contributed by atoms with Crippen molar-refractivity contribution in [1.29, 1.82) is 0 Å². The van der Waals surface area contributed by atoms with Crippen molar-refractivity contribution in [2.24, 2.45) is 5.41 Å². The predicted molar refractivity (Wildman–Crippen MR) is 99.2 cm³/mol. The summed E-state index contributed by atoms with van der Waals surface area (Å²) < 4.78 is 0. The summed E-state index contributed by atoms with van der Waals surface area (Å²) in [6, 6.07) is 7.08. The van der Waals surface area contributed by atoms with Gasteiger partial charge in [-0.25, -0.2) is 0 Å². The van der Waals surface area contributed by atoms with Crippen LogP contribution in [0.4, 0.5) is 5.69 Å². The van der Waals surface area contributed by atoms with Gasteiger partial charge in [0.1, 0.15) is 0 Å². The summed E-state index contributed by atoms with van der Waals surface area (Å²) in [7, 11) is 0. The van der Waals surface area contributed by atoms with E-state index in [9.17, 15) is 19.5 Å². The van der Waals surface area contributed by atoms with Gasteiger partial charge < -0.3 is 20.2 Å². The Kier molecular flexibility index (Phi) is 4.63. The lowest BCUT2D eigenvalue weighted by atomic mass is 9.71. The normalized spacial score (nSPS) is 28.6. The van der Waals surface area contributed by atoms with E-state index in [4.69, 9.17) is 0 Å². The van der Waals surface area contributed by atoms with Crippen molar-refractivity contribution in [3.8, 4) is 0 Å². The van der Waals surface area contributed by atoms with Crippen molar-refractivity contribution in [2.45, 2.75) is 38.2 Å². The van der Waals surface area contributed by atoms with Crippen LogP contribution < -0.4 is 10.2 Å². The highest BCUT2D eigenvalue weighted by Gasteiger charge is 2.50. The number of anilines is 1. The summed E-state index contributed by atoms with van der Waals surface area (Å²) in [4.78, 5) is 40.7. The quantitative estimate of drug-likeness (QED) is 0.809. The maximum absolute atomic E-state index is 13.0. The summed E-state index contributed by atoms with van der Waals surface area (Å²) in [5, 5.41) is 13.3. The number of aliphatic hydroxyl groups is 1. The molecule has 0 unspecified atom stereocenters. The van der Waals surface area contributed by atoms with E-state index in [2.05, 4.69) is 5.32 Å². The van der Waals surface area contributed by atoms with E-state index in [1.165, 1.54) is 0 Å². The van der Waals surface area contributed by atoms with Crippen LogP contribution in [0.2, 0.25) is 0 Å².